The number of carboxylic acids is 1. The fraction of sp³-hybridized carbons (Fsp3) is 0.889. The Morgan fingerprint density at radius 3 is 2.54 bits per heavy atom. The Balaban J connectivity index is 3.21. The third kappa shape index (κ3) is 7.74. The summed E-state index contributed by atoms with van der Waals surface area (Å²) in [6.07, 6.45) is 1.09. The normalized spacial score (nSPS) is 13.2. The summed E-state index contributed by atoms with van der Waals surface area (Å²) in [5, 5.41) is 11.4. The molecule has 0 aliphatic heterocycles. The molecular formula is C9H19NO3. The SMILES string of the molecule is CC(C)OCCCNC(C)C(=O)O. The average molecular weight is 189 g/mol. The Kier molecular flexibility index (Phi) is 6.54. The van der Waals surface area contributed by atoms with Gasteiger partial charge in [0.25, 0.3) is 0 Å². The fourth-order valence-corrected chi connectivity index (χ4v) is 0.797. The van der Waals surface area contributed by atoms with Crippen LogP contribution in [0.1, 0.15) is 27.2 Å². The molecule has 0 saturated carbocycles. The molecule has 0 aromatic rings. The molecular weight excluding hydrogens is 170 g/mol. The van der Waals surface area contributed by atoms with Crippen LogP contribution < -0.4 is 5.32 Å². The van der Waals surface area contributed by atoms with Gasteiger partial charge in [0.05, 0.1) is 6.10 Å². The molecule has 0 bridgehead atoms. The maximum Gasteiger partial charge on any atom is 0.320 e. The molecule has 4 nitrogen and oxygen atoms in total. The first-order valence-corrected chi connectivity index (χ1v) is 4.62. The van der Waals surface area contributed by atoms with Crippen LogP contribution >= 0.6 is 0 Å². The molecule has 0 fully saturated rings. The monoisotopic (exact) mass is 189 g/mol. The van der Waals surface area contributed by atoms with E-state index >= 15 is 0 Å². The molecule has 13 heavy (non-hydrogen) atoms. The van der Waals surface area contributed by atoms with Crippen LogP contribution in [-0.2, 0) is 9.53 Å². The minimum atomic E-state index is -0.815. The van der Waals surface area contributed by atoms with Crippen molar-refractivity contribution in [1.82, 2.24) is 5.32 Å². The number of hydrogen-bond donors (Lipinski definition) is 2. The topological polar surface area (TPSA) is 58.6 Å². The van der Waals surface area contributed by atoms with Crippen molar-refractivity contribution in [2.45, 2.75) is 39.3 Å². The van der Waals surface area contributed by atoms with E-state index in [2.05, 4.69) is 5.32 Å². The van der Waals surface area contributed by atoms with Gasteiger partial charge in [-0.3, -0.25) is 4.79 Å². The van der Waals surface area contributed by atoms with Gasteiger partial charge in [0.15, 0.2) is 0 Å². The largest absolute Gasteiger partial charge is 0.480 e. The molecule has 2 N–H and O–H groups in total. The smallest absolute Gasteiger partial charge is 0.320 e. The van der Waals surface area contributed by atoms with Crippen molar-refractivity contribution in [2.24, 2.45) is 0 Å². The van der Waals surface area contributed by atoms with E-state index in [1.54, 1.807) is 6.92 Å². The van der Waals surface area contributed by atoms with Crippen molar-refractivity contribution in [1.29, 1.82) is 0 Å². The van der Waals surface area contributed by atoms with Gasteiger partial charge in [0.1, 0.15) is 6.04 Å². The van der Waals surface area contributed by atoms with E-state index in [0.29, 0.717) is 13.2 Å². The van der Waals surface area contributed by atoms with Crippen molar-refractivity contribution in [2.75, 3.05) is 13.2 Å². The van der Waals surface area contributed by atoms with Gasteiger partial charge < -0.3 is 15.2 Å². The van der Waals surface area contributed by atoms with Crippen LogP contribution in [0.3, 0.4) is 0 Å². The van der Waals surface area contributed by atoms with Gasteiger partial charge in [-0.1, -0.05) is 0 Å². The zero-order chi connectivity index (χ0) is 10.3. The van der Waals surface area contributed by atoms with Crippen LogP contribution in [0.15, 0.2) is 0 Å². The molecule has 0 aromatic carbocycles. The zero-order valence-electron chi connectivity index (χ0n) is 8.54. The average Bonchev–Trinajstić information content (AvgIpc) is 2.02. The van der Waals surface area contributed by atoms with E-state index in [1.165, 1.54) is 0 Å². The van der Waals surface area contributed by atoms with Crippen LogP contribution in [0.4, 0.5) is 0 Å². The van der Waals surface area contributed by atoms with Crippen LogP contribution in [-0.4, -0.2) is 36.4 Å². The Morgan fingerprint density at radius 2 is 2.08 bits per heavy atom. The molecule has 4 heteroatoms. The Hall–Kier alpha value is -0.610. The van der Waals surface area contributed by atoms with E-state index in [4.69, 9.17) is 9.84 Å². The van der Waals surface area contributed by atoms with Crippen molar-refractivity contribution < 1.29 is 14.6 Å². The van der Waals surface area contributed by atoms with Crippen LogP contribution in [0.2, 0.25) is 0 Å². The van der Waals surface area contributed by atoms with Crippen molar-refractivity contribution in [3.8, 4) is 0 Å². The maximum absolute atomic E-state index is 10.4. The zero-order valence-corrected chi connectivity index (χ0v) is 8.54. The molecule has 0 amide bonds. The maximum atomic E-state index is 10.4. The summed E-state index contributed by atoms with van der Waals surface area (Å²) in [5.74, 6) is -0.815. The third-order valence-electron chi connectivity index (χ3n) is 1.59. The highest BCUT2D eigenvalue weighted by molar-refractivity contribution is 5.72. The minimum absolute atomic E-state index is 0.247. The number of aliphatic carboxylic acids is 1. The Labute approximate surface area is 79.3 Å². The van der Waals surface area contributed by atoms with Gasteiger partial charge in [-0.25, -0.2) is 0 Å². The minimum Gasteiger partial charge on any atom is -0.480 e. The summed E-state index contributed by atoms with van der Waals surface area (Å²) in [6, 6.07) is -0.473. The molecule has 1 unspecified atom stereocenters. The lowest BCUT2D eigenvalue weighted by Crippen LogP contribution is -2.34. The quantitative estimate of drug-likeness (QED) is 0.583. The molecule has 0 saturated heterocycles. The summed E-state index contributed by atoms with van der Waals surface area (Å²) in [4.78, 5) is 10.4. The molecule has 0 aliphatic rings. The van der Waals surface area contributed by atoms with Gasteiger partial charge in [-0.05, 0) is 33.7 Å². The van der Waals surface area contributed by atoms with Gasteiger partial charge in [0, 0.05) is 6.61 Å². The highest BCUT2D eigenvalue weighted by Gasteiger charge is 2.08. The molecule has 0 heterocycles. The lowest BCUT2D eigenvalue weighted by molar-refractivity contribution is -0.139. The molecule has 0 spiro atoms. The van der Waals surface area contributed by atoms with E-state index < -0.39 is 12.0 Å². The van der Waals surface area contributed by atoms with E-state index in [9.17, 15) is 4.79 Å². The number of ether oxygens (including phenoxy) is 1. The number of carboxylic acid groups (broad SMARTS) is 1. The lowest BCUT2D eigenvalue weighted by Gasteiger charge is -2.10. The molecule has 0 aliphatic carbocycles. The second-order valence-electron chi connectivity index (χ2n) is 3.29. The number of hydrogen-bond acceptors (Lipinski definition) is 3. The number of nitrogens with one attached hydrogen (secondary N) is 1. The van der Waals surface area contributed by atoms with Gasteiger partial charge >= 0.3 is 5.97 Å². The van der Waals surface area contributed by atoms with Crippen molar-refractivity contribution >= 4 is 5.97 Å². The predicted molar refractivity (Wildman–Crippen MR) is 50.8 cm³/mol. The molecule has 0 radical (unpaired) electrons. The summed E-state index contributed by atoms with van der Waals surface area (Å²) < 4.78 is 5.30. The number of rotatable bonds is 7. The van der Waals surface area contributed by atoms with E-state index in [-0.39, 0.29) is 6.10 Å². The van der Waals surface area contributed by atoms with Crippen LogP contribution in [0.5, 0.6) is 0 Å². The second-order valence-corrected chi connectivity index (χ2v) is 3.29. The van der Waals surface area contributed by atoms with Crippen LogP contribution in [0, 0.1) is 0 Å². The number of carbonyl (C=O) groups is 1. The first-order chi connectivity index (χ1) is 6.04. The predicted octanol–water partition coefficient (Wildman–Crippen LogP) is 0.864. The summed E-state index contributed by atoms with van der Waals surface area (Å²) in [7, 11) is 0. The van der Waals surface area contributed by atoms with E-state index in [1.807, 2.05) is 13.8 Å². The summed E-state index contributed by atoms with van der Waals surface area (Å²) >= 11 is 0. The van der Waals surface area contributed by atoms with Gasteiger partial charge in [0.2, 0.25) is 0 Å². The lowest BCUT2D eigenvalue weighted by atomic mass is 10.3. The molecule has 1 atom stereocenters. The van der Waals surface area contributed by atoms with Gasteiger partial charge in [-0.15, -0.1) is 0 Å². The van der Waals surface area contributed by atoms with Crippen LogP contribution in [0.25, 0.3) is 0 Å². The first-order valence-electron chi connectivity index (χ1n) is 4.62. The standard InChI is InChI=1S/C9H19NO3/c1-7(2)13-6-4-5-10-8(3)9(11)12/h7-8,10H,4-6H2,1-3H3,(H,11,12). The Morgan fingerprint density at radius 1 is 1.46 bits per heavy atom. The molecule has 78 valence electrons. The molecule has 0 rings (SSSR count). The van der Waals surface area contributed by atoms with Crippen molar-refractivity contribution in [3.63, 3.8) is 0 Å². The highest BCUT2D eigenvalue weighted by atomic mass is 16.5. The third-order valence-corrected chi connectivity index (χ3v) is 1.59. The summed E-state index contributed by atoms with van der Waals surface area (Å²) in [5.41, 5.74) is 0. The van der Waals surface area contributed by atoms with Crippen molar-refractivity contribution in [3.05, 3.63) is 0 Å². The van der Waals surface area contributed by atoms with E-state index in [0.717, 1.165) is 6.42 Å². The second kappa shape index (κ2) is 6.86. The van der Waals surface area contributed by atoms with Gasteiger partial charge in [-0.2, -0.15) is 0 Å². The highest BCUT2D eigenvalue weighted by Crippen LogP contribution is 1.90. The Bertz CT molecular complexity index is 148. The fourth-order valence-electron chi connectivity index (χ4n) is 0.797. The summed E-state index contributed by atoms with van der Waals surface area (Å²) in [6.45, 7) is 6.95. The first kappa shape index (κ1) is 12.4. The molecule has 0 aromatic heterocycles.